The van der Waals surface area contributed by atoms with Crippen LogP contribution in [-0.4, -0.2) is 13.0 Å². The topological polar surface area (TPSA) is 51.1 Å². The molecule has 1 heterocycles. The molecular formula is C18H17ClN2O2S. The molecule has 0 bridgehead atoms. The van der Waals surface area contributed by atoms with Gasteiger partial charge in [-0.3, -0.25) is 0 Å². The molecule has 24 heavy (non-hydrogen) atoms. The fourth-order valence-corrected chi connectivity index (χ4v) is 3.80. The zero-order valence-corrected chi connectivity index (χ0v) is 14.6. The van der Waals surface area contributed by atoms with E-state index in [1.165, 1.54) is 12.1 Å². The Morgan fingerprint density at radius 1 is 1.00 bits per heavy atom. The van der Waals surface area contributed by atoms with Crippen molar-refractivity contribution in [2.75, 3.05) is 0 Å². The predicted molar refractivity (Wildman–Crippen MR) is 96.0 cm³/mol. The van der Waals surface area contributed by atoms with Crippen molar-refractivity contribution in [2.45, 2.75) is 17.9 Å². The molecule has 1 atom stereocenters. The lowest BCUT2D eigenvalue weighted by molar-refractivity contribution is 0.567. The average molecular weight is 361 g/mol. The van der Waals surface area contributed by atoms with Crippen LogP contribution in [0.3, 0.4) is 0 Å². The summed E-state index contributed by atoms with van der Waals surface area (Å²) in [6.07, 6.45) is 3.89. The molecule has 0 saturated heterocycles. The number of nitrogens with zero attached hydrogens (tertiary/aromatic N) is 1. The fraction of sp³-hybridized carbons (Fsp3) is 0.111. The number of hydrogen-bond donors (Lipinski definition) is 1. The van der Waals surface area contributed by atoms with E-state index in [0.717, 1.165) is 11.3 Å². The van der Waals surface area contributed by atoms with Gasteiger partial charge in [0.2, 0.25) is 10.0 Å². The molecule has 0 saturated carbocycles. The summed E-state index contributed by atoms with van der Waals surface area (Å²) in [4.78, 5) is 0.195. The molecule has 0 spiro atoms. The number of rotatable bonds is 5. The lowest BCUT2D eigenvalue weighted by atomic mass is 10.1. The first-order valence-electron chi connectivity index (χ1n) is 7.47. The summed E-state index contributed by atoms with van der Waals surface area (Å²) in [7, 11) is -3.61. The van der Waals surface area contributed by atoms with E-state index in [1.54, 1.807) is 12.1 Å². The largest absolute Gasteiger partial charge is 0.324 e. The van der Waals surface area contributed by atoms with Gasteiger partial charge < -0.3 is 4.57 Å². The summed E-state index contributed by atoms with van der Waals surface area (Å²) in [5.74, 6) is 0. The maximum Gasteiger partial charge on any atom is 0.241 e. The lowest BCUT2D eigenvalue weighted by Gasteiger charge is -2.16. The second-order valence-corrected chi connectivity index (χ2v) is 7.63. The Balaban J connectivity index is 1.83. The zero-order chi connectivity index (χ0) is 17.2. The molecule has 4 nitrogen and oxygen atoms in total. The summed E-state index contributed by atoms with van der Waals surface area (Å²) in [5.41, 5.74) is 1.87. The number of aromatic nitrogens is 1. The molecule has 0 unspecified atom stereocenters. The van der Waals surface area contributed by atoms with Crippen LogP contribution in [0, 0.1) is 0 Å². The first-order chi connectivity index (χ1) is 11.5. The second-order valence-electron chi connectivity index (χ2n) is 5.48. The van der Waals surface area contributed by atoms with E-state index < -0.39 is 10.0 Å². The minimum Gasteiger partial charge on any atom is -0.324 e. The third-order valence-electron chi connectivity index (χ3n) is 3.73. The Labute approximate surface area is 146 Å². The van der Waals surface area contributed by atoms with Gasteiger partial charge in [-0.15, -0.1) is 0 Å². The summed E-state index contributed by atoms with van der Waals surface area (Å²) in [5, 5.41) is 0.501. The van der Waals surface area contributed by atoms with Crippen LogP contribution in [0.1, 0.15) is 18.5 Å². The quantitative estimate of drug-likeness (QED) is 0.742. The standard InChI is InChI=1S/C18H17ClN2O2S/c1-14(20-24(22,23)18-9-7-16(19)8-10-18)15-5-4-6-17(13-15)21-11-2-3-12-21/h2-14,20H,1H3/t14-/m0/s1. The first-order valence-corrected chi connectivity index (χ1v) is 9.33. The molecule has 0 aliphatic carbocycles. The maximum absolute atomic E-state index is 12.5. The Bertz CT molecular complexity index is 920. The first kappa shape index (κ1) is 16.8. The van der Waals surface area contributed by atoms with Crippen molar-refractivity contribution in [2.24, 2.45) is 0 Å². The molecule has 1 N–H and O–H groups in total. The van der Waals surface area contributed by atoms with E-state index in [4.69, 9.17) is 11.6 Å². The molecule has 6 heteroatoms. The van der Waals surface area contributed by atoms with Gasteiger partial charge in [-0.2, -0.15) is 0 Å². The van der Waals surface area contributed by atoms with Gasteiger partial charge >= 0.3 is 0 Å². The number of hydrogen-bond acceptors (Lipinski definition) is 2. The molecule has 0 radical (unpaired) electrons. The number of nitrogens with one attached hydrogen (secondary N) is 1. The molecule has 0 amide bonds. The molecular weight excluding hydrogens is 344 g/mol. The minimum absolute atomic E-state index is 0.195. The van der Waals surface area contributed by atoms with Crippen molar-refractivity contribution in [1.29, 1.82) is 0 Å². The highest BCUT2D eigenvalue weighted by Crippen LogP contribution is 2.20. The van der Waals surface area contributed by atoms with Crippen molar-refractivity contribution in [3.63, 3.8) is 0 Å². The van der Waals surface area contributed by atoms with Crippen molar-refractivity contribution >= 4 is 21.6 Å². The molecule has 124 valence electrons. The Kier molecular flexibility index (Phi) is 4.76. The summed E-state index contributed by atoms with van der Waals surface area (Å²) in [6, 6.07) is 17.4. The number of benzene rings is 2. The van der Waals surface area contributed by atoms with E-state index in [1.807, 2.05) is 60.3 Å². The van der Waals surface area contributed by atoms with Crippen LogP contribution >= 0.6 is 11.6 Å². The van der Waals surface area contributed by atoms with Gasteiger partial charge in [0.25, 0.3) is 0 Å². The number of sulfonamides is 1. The summed E-state index contributed by atoms with van der Waals surface area (Å²) in [6.45, 7) is 1.82. The third-order valence-corrected chi connectivity index (χ3v) is 5.54. The van der Waals surface area contributed by atoms with Crippen molar-refractivity contribution < 1.29 is 8.42 Å². The molecule has 0 fully saturated rings. The molecule has 0 aliphatic heterocycles. The summed E-state index contributed by atoms with van der Waals surface area (Å²) >= 11 is 5.81. The van der Waals surface area contributed by atoms with Crippen LogP contribution in [0.25, 0.3) is 5.69 Å². The van der Waals surface area contributed by atoms with Gasteiger partial charge in [0.1, 0.15) is 0 Å². The Morgan fingerprint density at radius 2 is 1.67 bits per heavy atom. The van der Waals surface area contributed by atoms with Crippen LogP contribution < -0.4 is 4.72 Å². The molecule has 0 aliphatic rings. The van der Waals surface area contributed by atoms with Crippen molar-refractivity contribution in [3.8, 4) is 5.69 Å². The van der Waals surface area contributed by atoms with Crippen molar-refractivity contribution in [3.05, 3.63) is 83.6 Å². The van der Waals surface area contributed by atoms with Gasteiger partial charge in [-0.05, 0) is 61.0 Å². The van der Waals surface area contributed by atoms with Crippen LogP contribution in [0.4, 0.5) is 0 Å². The van der Waals surface area contributed by atoms with E-state index >= 15 is 0 Å². The highest BCUT2D eigenvalue weighted by atomic mass is 35.5. The van der Waals surface area contributed by atoms with E-state index in [-0.39, 0.29) is 10.9 Å². The Hall–Kier alpha value is -2.08. The van der Waals surface area contributed by atoms with Crippen LogP contribution in [0.5, 0.6) is 0 Å². The molecule has 2 aromatic carbocycles. The second kappa shape index (κ2) is 6.81. The fourth-order valence-electron chi connectivity index (χ4n) is 2.44. The number of halogens is 1. The summed E-state index contributed by atoms with van der Waals surface area (Å²) < 4.78 is 29.6. The van der Waals surface area contributed by atoms with Gasteiger partial charge in [-0.1, -0.05) is 23.7 Å². The zero-order valence-electron chi connectivity index (χ0n) is 13.1. The maximum atomic E-state index is 12.5. The molecule has 3 aromatic rings. The third kappa shape index (κ3) is 3.70. The monoisotopic (exact) mass is 360 g/mol. The van der Waals surface area contributed by atoms with Crippen LogP contribution in [0.15, 0.2) is 78.0 Å². The lowest BCUT2D eigenvalue weighted by Crippen LogP contribution is -2.26. The Morgan fingerprint density at radius 3 is 2.33 bits per heavy atom. The smallest absolute Gasteiger partial charge is 0.241 e. The highest BCUT2D eigenvalue weighted by Gasteiger charge is 2.18. The van der Waals surface area contributed by atoms with Gasteiger partial charge in [0, 0.05) is 29.1 Å². The highest BCUT2D eigenvalue weighted by molar-refractivity contribution is 7.89. The van der Waals surface area contributed by atoms with E-state index in [0.29, 0.717) is 5.02 Å². The minimum atomic E-state index is -3.61. The van der Waals surface area contributed by atoms with Crippen LogP contribution in [-0.2, 0) is 10.0 Å². The van der Waals surface area contributed by atoms with Crippen LogP contribution in [0.2, 0.25) is 5.02 Å². The normalized spacial score (nSPS) is 12.9. The van der Waals surface area contributed by atoms with Gasteiger partial charge in [0.05, 0.1) is 4.90 Å². The van der Waals surface area contributed by atoms with Crippen molar-refractivity contribution in [1.82, 2.24) is 9.29 Å². The van der Waals surface area contributed by atoms with Gasteiger partial charge in [0.15, 0.2) is 0 Å². The average Bonchev–Trinajstić information content (AvgIpc) is 3.09. The predicted octanol–water partition coefficient (Wildman–Crippen LogP) is 4.17. The van der Waals surface area contributed by atoms with E-state index in [9.17, 15) is 8.42 Å². The SMILES string of the molecule is C[C@H](NS(=O)(=O)c1ccc(Cl)cc1)c1cccc(-n2cccc2)c1. The molecule has 1 aromatic heterocycles. The van der Waals surface area contributed by atoms with Gasteiger partial charge in [-0.25, -0.2) is 13.1 Å². The van der Waals surface area contributed by atoms with E-state index in [2.05, 4.69) is 4.72 Å². The molecule has 3 rings (SSSR count).